The van der Waals surface area contributed by atoms with E-state index in [2.05, 4.69) is 84.0 Å². The van der Waals surface area contributed by atoms with Gasteiger partial charge in [0.1, 0.15) is 11.9 Å². The average molecular weight is 516 g/mol. The molecule has 1 heterocycles. The van der Waals surface area contributed by atoms with Crippen molar-refractivity contribution < 1.29 is 14.3 Å². The number of ether oxygens (including phenoxy) is 1. The Morgan fingerprint density at radius 1 is 1.16 bits per heavy atom. The van der Waals surface area contributed by atoms with Crippen molar-refractivity contribution in [3.05, 3.63) is 89.5 Å². The van der Waals surface area contributed by atoms with Gasteiger partial charge in [-0.2, -0.15) is 0 Å². The summed E-state index contributed by atoms with van der Waals surface area (Å²) in [5.41, 5.74) is 3.17. The van der Waals surface area contributed by atoms with Crippen LogP contribution in [0.15, 0.2) is 72.8 Å². The number of amides is 2. The van der Waals surface area contributed by atoms with Crippen LogP contribution in [0.5, 0.6) is 5.75 Å². The lowest BCUT2D eigenvalue weighted by atomic mass is 9.78. The molecule has 6 nitrogen and oxygen atoms in total. The molecule has 1 aliphatic carbocycles. The number of benzene rings is 2. The quantitative estimate of drug-likeness (QED) is 0.493. The van der Waals surface area contributed by atoms with E-state index in [9.17, 15) is 9.59 Å². The molecule has 0 spiro atoms. The third-order valence-electron chi connectivity index (χ3n) is 7.63. The number of hydrogen-bond donors (Lipinski definition) is 2. The largest absolute Gasteiger partial charge is 0.485 e. The van der Waals surface area contributed by atoms with Gasteiger partial charge in [0.2, 0.25) is 11.8 Å². The highest BCUT2D eigenvalue weighted by Crippen LogP contribution is 2.36. The summed E-state index contributed by atoms with van der Waals surface area (Å²) >= 11 is 0. The van der Waals surface area contributed by atoms with Crippen LogP contribution in [0.4, 0.5) is 0 Å². The zero-order valence-electron chi connectivity index (χ0n) is 22.9. The van der Waals surface area contributed by atoms with E-state index in [1.54, 1.807) is 0 Å². The van der Waals surface area contributed by atoms with Gasteiger partial charge in [0.15, 0.2) is 0 Å². The van der Waals surface area contributed by atoms with Crippen LogP contribution in [0.2, 0.25) is 0 Å². The average Bonchev–Trinajstić information content (AvgIpc) is 2.90. The molecule has 1 fully saturated rings. The standard InChI is InChI=1S/C32H41N3O3/c1-24-12-13-27(29(21-24)38-30-11-7-8-16-32(30,3)17-18-34-25(2)36)14-15-31(37)35-20-19-33-23-28(35)22-26-9-5-4-6-10-26/h4-13,16,21,28,30,33H,14-15,17-20,22-23H2,1-3H3,(H,34,36). The van der Waals surface area contributed by atoms with Crippen LogP contribution in [-0.4, -0.2) is 55.0 Å². The molecular weight excluding hydrogens is 474 g/mol. The van der Waals surface area contributed by atoms with Gasteiger partial charge in [0, 0.05) is 51.0 Å². The lowest BCUT2D eigenvalue weighted by Crippen LogP contribution is -2.54. The maximum atomic E-state index is 13.4. The van der Waals surface area contributed by atoms with Crippen LogP contribution in [-0.2, 0) is 22.4 Å². The molecule has 1 aliphatic heterocycles. The monoisotopic (exact) mass is 515 g/mol. The zero-order chi connectivity index (χ0) is 27.0. The first kappa shape index (κ1) is 27.6. The Morgan fingerprint density at radius 3 is 2.76 bits per heavy atom. The summed E-state index contributed by atoms with van der Waals surface area (Å²) in [5.74, 6) is 0.997. The van der Waals surface area contributed by atoms with Gasteiger partial charge in [-0.1, -0.05) is 67.6 Å². The number of carbonyl (C=O) groups is 2. The van der Waals surface area contributed by atoms with E-state index >= 15 is 0 Å². The van der Waals surface area contributed by atoms with Crippen molar-refractivity contribution in [1.82, 2.24) is 15.5 Å². The van der Waals surface area contributed by atoms with E-state index in [-0.39, 0.29) is 29.4 Å². The second kappa shape index (κ2) is 12.9. The number of nitrogens with one attached hydrogen (secondary N) is 2. The van der Waals surface area contributed by atoms with Gasteiger partial charge in [0.25, 0.3) is 0 Å². The highest BCUT2D eigenvalue weighted by molar-refractivity contribution is 5.77. The smallest absolute Gasteiger partial charge is 0.223 e. The second-order valence-electron chi connectivity index (χ2n) is 10.8. The van der Waals surface area contributed by atoms with E-state index in [1.165, 1.54) is 12.5 Å². The van der Waals surface area contributed by atoms with Gasteiger partial charge in [-0.25, -0.2) is 0 Å². The lowest BCUT2D eigenvalue weighted by Gasteiger charge is -2.37. The molecule has 2 aliphatic rings. The molecule has 6 heteroatoms. The van der Waals surface area contributed by atoms with Crippen molar-refractivity contribution in [2.45, 2.75) is 58.6 Å². The number of rotatable bonds is 10. The summed E-state index contributed by atoms with van der Waals surface area (Å²) in [5, 5.41) is 6.36. The lowest BCUT2D eigenvalue weighted by molar-refractivity contribution is -0.134. The van der Waals surface area contributed by atoms with Crippen LogP contribution in [0.1, 0.15) is 43.4 Å². The van der Waals surface area contributed by atoms with Gasteiger partial charge < -0.3 is 20.3 Å². The minimum absolute atomic E-state index is 0.0254. The highest BCUT2D eigenvalue weighted by Gasteiger charge is 2.34. The van der Waals surface area contributed by atoms with E-state index in [1.807, 2.05) is 18.2 Å². The van der Waals surface area contributed by atoms with Gasteiger partial charge in [-0.15, -0.1) is 0 Å². The Kier molecular flexibility index (Phi) is 9.40. The minimum atomic E-state index is -0.250. The predicted molar refractivity (Wildman–Crippen MR) is 152 cm³/mol. The predicted octanol–water partition coefficient (Wildman–Crippen LogP) is 4.38. The molecule has 0 radical (unpaired) electrons. The Balaban J connectivity index is 1.43. The number of nitrogens with zero attached hydrogens (tertiary/aromatic N) is 1. The van der Waals surface area contributed by atoms with Crippen LogP contribution in [0.25, 0.3) is 0 Å². The van der Waals surface area contributed by atoms with Crippen molar-refractivity contribution in [2.24, 2.45) is 5.41 Å². The molecule has 0 saturated carbocycles. The number of carbonyl (C=O) groups excluding carboxylic acids is 2. The summed E-state index contributed by atoms with van der Waals surface area (Å²) < 4.78 is 6.63. The summed E-state index contributed by atoms with van der Waals surface area (Å²) in [4.78, 5) is 26.9. The maximum absolute atomic E-state index is 13.4. The van der Waals surface area contributed by atoms with Crippen LogP contribution < -0.4 is 15.4 Å². The van der Waals surface area contributed by atoms with Gasteiger partial charge in [0.05, 0.1) is 0 Å². The second-order valence-corrected chi connectivity index (χ2v) is 10.8. The Labute approximate surface area is 227 Å². The third kappa shape index (κ3) is 7.35. The molecule has 3 unspecified atom stereocenters. The number of aryl methyl sites for hydroxylation is 2. The first-order chi connectivity index (χ1) is 18.3. The van der Waals surface area contributed by atoms with Crippen molar-refractivity contribution in [3.8, 4) is 5.75 Å². The fourth-order valence-electron chi connectivity index (χ4n) is 5.32. The fraction of sp³-hybridized carbons (Fsp3) is 0.438. The molecule has 3 atom stereocenters. The zero-order valence-corrected chi connectivity index (χ0v) is 22.9. The molecule has 1 saturated heterocycles. The molecule has 0 aromatic heterocycles. The van der Waals surface area contributed by atoms with Crippen molar-refractivity contribution in [2.75, 3.05) is 26.2 Å². The molecule has 2 aromatic rings. The molecule has 2 N–H and O–H groups in total. The van der Waals surface area contributed by atoms with Gasteiger partial charge >= 0.3 is 0 Å². The molecule has 2 amide bonds. The Hall–Kier alpha value is -3.38. The third-order valence-corrected chi connectivity index (χ3v) is 7.63. The van der Waals surface area contributed by atoms with Gasteiger partial charge in [-0.05, 0) is 55.0 Å². The topological polar surface area (TPSA) is 70.7 Å². The normalized spacial score (nSPS) is 22.8. The van der Waals surface area contributed by atoms with Crippen molar-refractivity contribution >= 4 is 11.8 Å². The molecule has 4 rings (SSSR count). The van der Waals surface area contributed by atoms with Crippen molar-refractivity contribution in [1.29, 1.82) is 0 Å². The number of hydrogen-bond acceptors (Lipinski definition) is 4. The molecule has 202 valence electrons. The Morgan fingerprint density at radius 2 is 1.97 bits per heavy atom. The molecule has 0 bridgehead atoms. The van der Waals surface area contributed by atoms with Gasteiger partial charge in [-0.3, -0.25) is 9.59 Å². The Bertz CT molecular complexity index is 1160. The first-order valence-corrected chi connectivity index (χ1v) is 13.7. The number of allylic oxidation sites excluding steroid dienone is 2. The minimum Gasteiger partial charge on any atom is -0.485 e. The SMILES string of the molecule is CC(=O)NCCC1(C)C=CC=CC1Oc1cc(C)ccc1CCC(=O)N1CCNCC1Cc1ccccc1. The summed E-state index contributed by atoms with van der Waals surface area (Å²) in [6.45, 7) is 8.73. The summed E-state index contributed by atoms with van der Waals surface area (Å²) in [6, 6.07) is 16.8. The van der Waals surface area contributed by atoms with E-state index < -0.39 is 0 Å². The summed E-state index contributed by atoms with van der Waals surface area (Å²) in [6.07, 6.45) is 10.8. The maximum Gasteiger partial charge on any atom is 0.223 e. The van der Waals surface area contributed by atoms with Crippen molar-refractivity contribution in [3.63, 3.8) is 0 Å². The van der Waals surface area contributed by atoms with E-state index in [4.69, 9.17) is 4.74 Å². The van der Waals surface area contributed by atoms with Crippen LogP contribution in [0, 0.1) is 12.3 Å². The van der Waals surface area contributed by atoms with E-state index in [0.29, 0.717) is 19.4 Å². The fourth-order valence-corrected chi connectivity index (χ4v) is 5.32. The molecule has 38 heavy (non-hydrogen) atoms. The van der Waals surface area contributed by atoms with Crippen LogP contribution in [0.3, 0.4) is 0 Å². The molecule has 2 aromatic carbocycles. The summed E-state index contributed by atoms with van der Waals surface area (Å²) in [7, 11) is 0. The molecular formula is C32H41N3O3. The number of piperazine rings is 1. The first-order valence-electron chi connectivity index (χ1n) is 13.7. The van der Waals surface area contributed by atoms with E-state index in [0.717, 1.165) is 49.4 Å². The van der Waals surface area contributed by atoms with Crippen LogP contribution >= 0.6 is 0 Å². The highest BCUT2D eigenvalue weighted by atomic mass is 16.5.